The van der Waals surface area contributed by atoms with E-state index in [1.54, 1.807) is 13.0 Å². The van der Waals surface area contributed by atoms with Gasteiger partial charge in [0.15, 0.2) is 11.5 Å². The van der Waals surface area contributed by atoms with Crippen LogP contribution < -0.4 is 10.7 Å². The number of aromatic nitrogens is 4. The number of aromatic amines is 1. The Bertz CT molecular complexity index is 1490. The number of halogens is 2. The SMILES string of the molecule is C[C@H](Nc1ncnc2nc[nH]c12)c1oc2ccc(F)cc2c(=O)c1-c1cccc(F)c1. The minimum Gasteiger partial charge on any atom is -0.458 e. The number of fused-ring (bicyclic) bond motifs is 2. The molecule has 0 saturated heterocycles. The van der Waals surface area contributed by atoms with Gasteiger partial charge in [0.1, 0.15) is 34.8 Å². The van der Waals surface area contributed by atoms with Gasteiger partial charge in [0.2, 0.25) is 5.43 Å². The largest absolute Gasteiger partial charge is 0.458 e. The van der Waals surface area contributed by atoms with Crippen LogP contribution >= 0.6 is 0 Å². The van der Waals surface area contributed by atoms with Crippen molar-refractivity contribution in [2.75, 3.05) is 5.32 Å². The molecule has 0 fully saturated rings. The summed E-state index contributed by atoms with van der Waals surface area (Å²) in [6, 6.07) is 8.80. The summed E-state index contributed by atoms with van der Waals surface area (Å²) >= 11 is 0. The normalized spacial score (nSPS) is 12.4. The van der Waals surface area contributed by atoms with E-state index in [-0.39, 0.29) is 22.3 Å². The van der Waals surface area contributed by atoms with Gasteiger partial charge in [-0.1, -0.05) is 12.1 Å². The average Bonchev–Trinajstić information content (AvgIpc) is 3.24. The predicted octanol–water partition coefficient (Wildman–Crippen LogP) is 4.58. The molecule has 0 amide bonds. The van der Waals surface area contributed by atoms with Gasteiger partial charge in [-0.15, -0.1) is 0 Å². The molecule has 5 aromatic rings. The van der Waals surface area contributed by atoms with E-state index in [0.717, 1.165) is 6.07 Å². The van der Waals surface area contributed by atoms with E-state index in [2.05, 4.69) is 25.3 Å². The van der Waals surface area contributed by atoms with Crippen molar-refractivity contribution >= 4 is 28.0 Å². The zero-order valence-corrected chi connectivity index (χ0v) is 16.2. The summed E-state index contributed by atoms with van der Waals surface area (Å²) in [5, 5.41) is 3.27. The highest BCUT2D eigenvalue weighted by Gasteiger charge is 2.23. The lowest BCUT2D eigenvalue weighted by Crippen LogP contribution is -2.16. The van der Waals surface area contributed by atoms with E-state index in [9.17, 15) is 13.6 Å². The number of hydrogen-bond acceptors (Lipinski definition) is 6. The zero-order valence-electron chi connectivity index (χ0n) is 16.2. The van der Waals surface area contributed by atoms with Crippen molar-refractivity contribution in [2.24, 2.45) is 0 Å². The molecule has 1 atom stereocenters. The fourth-order valence-electron chi connectivity index (χ4n) is 3.55. The molecule has 3 aromatic heterocycles. The summed E-state index contributed by atoms with van der Waals surface area (Å²) in [5.41, 5.74) is 1.32. The molecule has 0 spiro atoms. The lowest BCUT2D eigenvalue weighted by atomic mass is 9.99. The monoisotopic (exact) mass is 419 g/mol. The van der Waals surface area contributed by atoms with Crippen LogP contribution in [0, 0.1) is 11.6 Å². The quantitative estimate of drug-likeness (QED) is 0.443. The predicted molar refractivity (Wildman–Crippen MR) is 112 cm³/mol. The first-order valence-corrected chi connectivity index (χ1v) is 9.44. The summed E-state index contributed by atoms with van der Waals surface area (Å²) in [5.74, 6) is -0.340. The van der Waals surface area contributed by atoms with Crippen LogP contribution in [-0.4, -0.2) is 19.9 Å². The van der Waals surface area contributed by atoms with Crippen LogP contribution in [0.4, 0.5) is 14.6 Å². The van der Waals surface area contributed by atoms with Crippen molar-refractivity contribution in [3.05, 3.63) is 82.7 Å². The van der Waals surface area contributed by atoms with Crippen molar-refractivity contribution in [1.82, 2.24) is 19.9 Å². The van der Waals surface area contributed by atoms with Gasteiger partial charge in [-0.3, -0.25) is 4.79 Å². The maximum Gasteiger partial charge on any atom is 0.200 e. The average molecular weight is 419 g/mol. The third-order valence-corrected chi connectivity index (χ3v) is 4.96. The zero-order chi connectivity index (χ0) is 21.5. The Kier molecular flexibility index (Phi) is 4.43. The maximum atomic E-state index is 13.9. The standard InChI is InChI=1S/C22H15F2N5O2/c1-11(29-22-18-21(26-9-25-18)27-10-28-22)20-17(12-3-2-4-13(23)7-12)19(30)15-8-14(24)5-6-16(15)31-20/h2-11H,1H3,(H2,25,26,27,28,29)/t11-/m0/s1. The first-order valence-electron chi connectivity index (χ1n) is 9.44. The third kappa shape index (κ3) is 3.29. The molecule has 0 aliphatic rings. The number of nitrogens with zero attached hydrogens (tertiary/aromatic N) is 3. The van der Waals surface area contributed by atoms with Gasteiger partial charge in [-0.25, -0.2) is 23.7 Å². The van der Waals surface area contributed by atoms with Gasteiger partial charge in [0, 0.05) is 0 Å². The summed E-state index contributed by atoms with van der Waals surface area (Å²) in [6.07, 6.45) is 2.86. The van der Waals surface area contributed by atoms with E-state index < -0.39 is 23.1 Å². The second-order valence-electron chi connectivity index (χ2n) is 7.01. The number of imidazole rings is 1. The highest BCUT2D eigenvalue weighted by molar-refractivity contribution is 5.84. The Morgan fingerprint density at radius 1 is 1.06 bits per heavy atom. The molecule has 2 aromatic carbocycles. The van der Waals surface area contributed by atoms with E-state index in [1.807, 2.05) is 0 Å². The molecule has 0 radical (unpaired) electrons. The second-order valence-corrected chi connectivity index (χ2v) is 7.01. The number of benzene rings is 2. The molecule has 7 nitrogen and oxygen atoms in total. The van der Waals surface area contributed by atoms with Crippen LogP contribution in [0.15, 0.2) is 64.3 Å². The van der Waals surface area contributed by atoms with Crippen LogP contribution in [0.25, 0.3) is 33.3 Å². The van der Waals surface area contributed by atoms with Crippen molar-refractivity contribution < 1.29 is 13.2 Å². The van der Waals surface area contributed by atoms with Crippen molar-refractivity contribution in [3.63, 3.8) is 0 Å². The molecule has 0 bridgehead atoms. The molecule has 9 heteroatoms. The first-order chi connectivity index (χ1) is 15.0. The molecule has 3 heterocycles. The van der Waals surface area contributed by atoms with Gasteiger partial charge < -0.3 is 14.7 Å². The van der Waals surface area contributed by atoms with Gasteiger partial charge >= 0.3 is 0 Å². The summed E-state index contributed by atoms with van der Waals surface area (Å²) in [7, 11) is 0. The number of H-pyrrole nitrogens is 1. The molecule has 154 valence electrons. The van der Waals surface area contributed by atoms with Crippen molar-refractivity contribution in [3.8, 4) is 11.1 Å². The van der Waals surface area contributed by atoms with Crippen molar-refractivity contribution in [2.45, 2.75) is 13.0 Å². The van der Waals surface area contributed by atoms with Crippen LogP contribution in [-0.2, 0) is 0 Å². The van der Waals surface area contributed by atoms with Gasteiger partial charge in [-0.2, -0.15) is 0 Å². The minimum atomic E-state index is -0.563. The third-order valence-electron chi connectivity index (χ3n) is 4.96. The fraction of sp³-hybridized carbons (Fsp3) is 0.0909. The van der Waals surface area contributed by atoms with Crippen molar-refractivity contribution in [1.29, 1.82) is 0 Å². The lowest BCUT2D eigenvalue weighted by Gasteiger charge is -2.18. The number of anilines is 1. The number of rotatable bonds is 4. The van der Waals surface area contributed by atoms with Gasteiger partial charge in [0.05, 0.1) is 23.3 Å². The van der Waals surface area contributed by atoms with Crippen LogP contribution in [0.3, 0.4) is 0 Å². The van der Waals surface area contributed by atoms with E-state index in [4.69, 9.17) is 4.42 Å². The summed E-state index contributed by atoms with van der Waals surface area (Å²) in [6.45, 7) is 1.78. The molecule has 0 unspecified atom stereocenters. The Labute approximate surface area is 173 Å². The molecule has 5 rings (SSSR count). The van der Waals surface area contributed by atoms with Gasteiger partial charge in [0.25, 0.3) is 0 Å². The fourth-order valence-corrected chi connectivity index (χ4v) is 3.55. The molecular weight excluding hydrogens is 404 g/mol. The number of nitrogens with one attached hydrogen (secondary N) is 2. The Morgan fingerprint density at radius 2 is 1.90 bits per heavy atom. The Hall–Kier alpha value is -4.14. The Morgan fingerprint density at radius 3 is 2.74 bits per heavy atom. The van der Waals surface area contributed by atoms with Crippen LogP contribution in [0.5, 0.6) is 0 Å². The topological polar surface area (TPSA) is 96.7 Å². The highest BCUT2D eigenvalue weighted by atomic mass is 19.1. The molecule has 0 aliphatic carbocycles. The smallest absolute Gasteiger partial charge is 0.200 e. The Balaban J connectivity index is 1.71. The highest BCUT2D eigenvalue weighted by Crippen LogP contribution is 2.32. The summed E-state index contributed by atoms with van der Waals surface area (Å²) < 4.78 is 33.8. The first kappa shape index (κ1) is 18.9. The van der Waals surface area contributed by atoms with E-state index >= 15 is 0 Å². The van der Waals surface area contributed by atoms with Gasteiger partial charge in [-0.05, 0) is 42.8 Å². The maximum absolute atomic E-state index is 13.9. The summed E-state index contributed by atoms with van der Waals surface area (Å²) in [4.78, 5) is 28.7. The number of hydrogen-bond donors (Lipinski definition) is 2. The molecule has 0 saturated carbocycles. The lowest BCUT2D eigenvalue weighted by molar-refractivity contribution is 0.514. The van der Waals surface area contributed by atoms with Crippen LogP contribution in [0.1, 0.15) is 18.7 Å². The van der Waals surface area contributed by atoms with Crippen LogP contribution in [0.2, 0.25) is 0 Å². The molecule has 2 N–H and O–H groups in total. The van der Waals surface area contributed by atoms with E-state index in [0.29, 0.717) is 22.5 Å². The molecular formula is C22H15F2N5O2. The molecule has 0 aliphatic heterocycles. The minimum absolute atomic E-state index is 0.0770. The second kappa shape index (κ2) is 7.28. The van der Waals surface area contributed by atoms with E-state index in [1.165, 1.54) is 43.0 Å². The molecule has 31 heavy (non-hydrogen) atoms.